The number of hydrogen-bond donors (Lipinski definition) is 1. The van der Waals surface area contributed by atoms with E-state index in [-0.39, 0.29) is 11.7 Å². The van der Waals surface area contributed by atoms with Gasteiger partial charge in [0.1, 0.15) is 5.82 Å². The Balaban J connectivity index is 1.61. The summed E-state index contributed by atoms with van der Waals surface area (Å²) in [7, 11) is 0. The molecule has 5 aromatic rings. The van der Waals surface area contributed by atoms with Crippen LogP contribution in [0.15, 0.2) is 78.7 Å². The van der Waals surface area contributed by atoms with E-state index in [1.54, 1.807) is 61.1 Å². The van der Waals surface area contributed by atoms with Crippen LogP contribution in [0.25, 0.3) is 32.6 Å². The summed E-state index contributed by atoms with van der Waals surface area (Å²) in [6.07, 6.45) is 4.76. The van der Waals surface area contributed by atoms with Crippen molar-refractivity contribution in [2.45, 2.75) is 6.92 Å². The third-order valence-electron chi connectivity index (χ3n) is 5.16. The first-order valence-corrected chi connectivity index (χ1v) is 10.8. The van der Waals surface area contributed by atoms with E-state index in [1.165, 1.54) is 6.07 Å². The van der Waals surface area contributed by atoms with Crippen molar-refractivity contribution in [2.75, 3.05) is 5.32 Å². The van der Waals surface area contributed by atoms with E-state index in [0.717, 1.165) is 26.9 Å². The molecule has 0 bridgehead atoms. The number of nitrogens with zero attached hydrogens (tertiary/aromatic N) is 3. The van der Waals surface area contributed by atoms with Crippen molar-refractivity contribution < 1.29 is 9.18 Å². The Morgan fingerprint density at radius 2 is 1.78 bits per heavy atom. The molecule has 0 aliphatic carbocycles. The van der Waals surface area contributed by atoms with Crippen LogP contribution in [0, 0.1) is 12.7 Å². The third-order valence-corrected chi connectivity index (χ3v) is 5.95. The number of pyridine rings is 2. The van der Waals surface area contributed by atoms with Gasteiger partial charge in [-0.3, -0.25) is 14.8 Å². The highest BCUT2D eigenvalue weighted by Crippen LogP contribution is 2.35. The molecule has 32 heavy (non-hydrogen) atoms. The van der Waals surface area contributed by atoms with Gasteiger partial charge in [-0.25, -0.2) is 9.37 Å². The van der Waals surface area contributed by atoms with Crippen LogP contribution in [0.1, 0.15) is 15.9 Å². The number of aryl methyl sites for hydroxylation is 1. The standard InChI is InChI=1S/C25H17FN4OS/c1-15-10-18(2-4-21(15)26)24-20(17-3-5-22-23(11-17)32-14-29-22)12-19(13-28-24)30-25(31)16-6-8-27-9-7-16/h2-14H,1H3,(H,30,31). The highest BCUT2D eigenvalue weighted by molar-refractivity contribution is 7.16. The molecule has 5 rings (SSSR count). The van der Waals surface area contributed by atoms with Crippen molar-refractivity contribution in [3.05, 3.63) is 95.6 Å². The molecule has 156 valence electrons. The molecule has 5 nitrogen and oxygen atoms in total. The highest BCUT2D eigenvalue weighted by Gasteiger charge is 2.14. The number of anilines is 1. The number of thiazole rings is 1. The van der Waals surface area contributed by atoms with Gasteiger partial charge in [-0.2, -0.15) is 0 Å². The Bertz CT molecular complexity index is 1450. The van der Waals surface area contributed by atoms with Crippen molar-refractivity contribution in [3.63, 3.8) is 0 Å². The summed E-state index contributed by atoms with van der Waals surface area (Å²) in [5.41, 5.74) is 7.62. The quantitative estimate of drug-likeness (QED) is 0.366. The Morgan fingerprint density at radius 1 is 0.969 bits per heavy atom. The van der Waals surface area contributed by atoms with E-state index in [0.29, 0.717) is 22.5 Å². The molecular weight excluding hydrogens is 423 g/mol. The minimum Gasteiger partial charge on any atom is -0.321 e. The molecule has 0 saturated heterocycles. The summed E-state index contributed by atoms with van der Waals surface area (Å²) >= 11 is 1.56. The van der Waals surface area contributed by atoms with Crippen LogP contribution in [0.3, 0.4) is 0 Å². The molecule has 0 atom stereocenters. The summed E-state index contributed by atoms with van der Waals surface area (Å²) in [6, 6.07) is 16.1. The number of rotatable bonds is 4. The lowest BCUT2D eigenvalue weighted by molar-refractivity contribution is 0.102. The van der Waals surface area contributed by atoms with Gasteiger partial charge >= 0.3 is 0 Å². The summed E-state index contributed by atoms with van der Waals surface area (Å²) in [4.78, 5) is 25.6. The molecule has 3 heterocycles. The molecule has 2 aromatic carbocycles. The number of fused-ring (bicyclic) bond motifs is 1. The fourth-order valence-electron chi connectivity index (χ4n) is 3.50. The molecule has 7 heteroatoms. The van der Waals surface area contributed by atoms with E-state index in [1.807, 2.05) is 23.7 Å². The molecule has 3 aromatic heterocycles. The number of nitrogens with one attached hydrogen (secondary N) is 1. The zero-order valence-electron chi connectivity index (χ0n) is 17.0. The van der Waals surface area contributed by atoms with Gasteiger partial charge in [-0.15, -0.1) is 11.3 Å². The van der Waals surface area contributed by atoms with Gasteiger partial charge < -0.3 is 5.32 Å². The van der Waals surface area contributed by atoms with E-state index in [9.17, 15) is 9.18 Å². The topological polar surface area (TPSA) is 67.8 Å². The minimum atomic E-state index is -0.261. The summed E-state index contributed by atoms with van der Waals surface area (Å²) < 4.78 is 14.9. The number of aromatic nitrogens is 3. The van der Waals surface area contributed by atoms with Crippen LogP contribution < -0.4 is 5.32 Å². The average Bonchev–Trinajstić information content (AvgIpc) is 3.29. The van der Waals surface area contributed by atoms with Gasteiger partial charge in [0.25, 0.3) is 5.91 Å². The van der Waals surface area contributed by atoms with Crippen LogP contribution in [0.2, 0.25) is 0 Å². The Hall–Kier alpha value is -3.97. The maximum Gasteiger partial charge on any atom is 0.255 e. The number of halogens is 1. The molecule has 0 aliphatic rings. The first-order chi connectivity index (χ1) is 15.6. The van der Waals surface area contributed by atoms with Crippen molar-refractivity contribution in [2.24, 2.45) is 0 Å². The van der Waals surface area contributed by atoms with Crippen molar-refractivity contribution in [1.29, 1.82) is 0 Å². The molecule has 0 saturated carbocycles. The largest absolute Gasteiger partial charge is 0.321 e. The smallest absolute Gasteiger partial charge is 0.255 e. The number of carbonyl (C=O) groups is 1. The second-order valence-corrected chi connectivity index (χ2v) is 8.20. The molecule has 0 aliphatic heterocycles. The van der Waals surface area contributed by atoms with Gasteiger partial charge in [0.15, 0.2) is 0 Å². The number of hydrogen-bond acceptors (Lipinski definition) is 5. The molecular formula is C25H17FN4OS. The second-order valence-electron chi connectivity index (χ2n) is 7.31. The SMILES string of the molecule is Cc1cc(-c2ncc(NC(=O)c3ccncc3)cc2-c2ccc3ncsc3c2)ccc1F. The maximum atomic E-state index is 13.9. The zero-order chi connectivity index (χ0) is 22.1. The van der Waals surface area contributed by atoms with Gasteiger partial charge in [-0.05, 0) is 66.6 Å². The van der Waals surface area contributed by atoms with E-state index in [2.05, 4.69) is 26.3 Å². The van der Waals surface area contributed by atoms with Crippen LogP contribution in [0.5, 0.6) is 0 Å². The van der Waals surface area contributed by atoms with E-state index >= 15 is 0 Å². The van der Waals surface area contributed by atoms with Crippen LogP contribution in [0.4, 0.5) is 10.1 Å². The number of benzene rings is 2. The van der Waals surface area contributed by atoms with Crippen molar-refractivity contribution >= 4 is 33.1 Å². The molecule has 0 unspecified atom stereocenters. The van der Waals surface area contributed by atoms with E-state index in [4.69, 9.17) is 0 Å². The molecule has 0 spiro atoms. The first-order valence-electron chi connectivity index (χ1n) is 9.90. The summed E-state index contributed by atoms with van der Waals surface area (Å²) in [6.45, 7) is 1.73. The van der Waals surface area contributed by atoms with Gasteiger partial charge in [0, 0.05) is 29.1 Å². The van der Waals surface area contributed by atoms with Gasteiger partial charge in [0.2, 0.25) is 0 Å². The monoisotopic (exact) mass is 440 g/mol. The van der Waals surface area contributed by atoms with Crippen LogP contribution in [-0.4, -0.2) is 20.9 Å². The molecule has 1 amide bonds. The lowest BCUT2D eigenvalue weighted by Gasteiger charge is -2.13. The molecule has 0 fully saturated rings. The number of amides is 1. The van der Waals surface area contributed by atoms with Gasteiger partial charge in [-0.1, -0.05) is 6.07 Å². The summed E-state index contributed by atoms with van der Waals surface area (Å²) in [5.74, 6) is -0.508. The third kappa shape index (κ3) is 3.86. The van der Waals surface area contributed by atoms with Crippen LogP contribution in [-0.2, 0) is 0 Å². The molecule has 1 N–H and O–H groups in total. The average molecular weight is 441 g/mol. The van der Waals surface area contributed by atoms with Crippen molar-refractivity contribution in [1.82, 2.24) is 15.0 Å². The van der Waals surface area contributed by atoms with Crippen LogP contribution >= 0.6 is 11.3 Å². The van der Waals surface area contributed by atoms with Gasteiger partial charge in [0.05, 0.1) is 33.3 Å². The first kappa shape index (κ1) is 20.0. The van der Waals surface area contributed by atoms with Crippen molar-refractivity contribution in [3.8, 4) is 22.4 Å². The Labute approximate surface area is 187 Å². The lowest BCUT2D eigenvalue weighted by Crippen LogP contribution is -2.12. The lowest BCUT2D eigenvalue weighted by atomic mass is 9.97. The van der Waals surface area contributed by atoms with E-state index < -0.39 is 0 Å². The normalized spacial score (nSPS) is 10.9. The Kier molecular flexibility index (Phi) is 5.17. The second kappa shape index (κ2) is 8.28. The predicted octanol–water partition coefficient (Wildman–Crippen LogP) is 6.12. The number of carbonyl (C=O) groups excluding carboxylic acids is 1. The predicted molar refractivity (Wildman–Crippen MR) is 125 cm³/mol. The Morgan fingerprint density at radius 3 is 2.59 bits per heavy atom. The molecule has 0 radical (unpaired) electrons. The summed E-state index contributed by atoms with van der Waals surface area (Å²) in [5, 5.41) is 2.90. The highest BCUT2D eigenvalue weighted by atomic mass is 32.1. The minimum absolute atomic E-state index is 0.247. The maximum absolute atomic E-state index is 13.9. The zero-order valence-corrected chi connectivity index (χ0v) is 17.9. The fourth-order valence-corrected chi connectivity index (χ4v) is 4.22. The fraction of sp³-hybridized carbons (Fsp3) is 0.0400.